The zero-order valence-electron chi connectivity index (χ0n) is 40.1. The van der Waals surface area contributed by atoms with E-state index >= 15 is 0 Å². The van der Waals surface area contributed by atoms with E-state index in [1.165, 1.54) is 87.7 Å². The minimum atomic E-state index is -1.76. The summed E-state index contributed by atoms with van der Waals surface area (Å²) in [6.45, 7) is 6.22. The highest BCUT2D eigenvalue weighted by molar-refractivity contribution is 5.90. The maximum absolute atomic E-state index is 13.7. The molecule has 0 spiro atoms. The highest BCUT2D eigenvalue weighted by atomic mass is 16.7. The van der Waals surface area contributed by atoms with Gasteiger partial charge in [-0.2, -0.15) is 0 Å². The van der Waals surface area contributed by atoms with Crippen molar-refractivity contribution in [1.82, 2.24) is 0 Å². The first-order valence-corrected chi connectivity index (χ1v) is 21.9. The Balaban J connectivity index is 1.35. The molecule has 5 atom stereocenters. The lowest BCUT2D eigenvalue weighted by Gasteiger charge is -2.44. The first-order chi connectivity index (χ1) is 34.7. The maximum atomic E-state index is 13.7. The van der Waals surface area contributed by atoms with Crippen LogP contribution < -0.4 is 33.8 Å². The Kier molecular flexibility index (Phi) is 17.6. The molecule has 5 aromatic rings. The van der Waals surface area contributed by atoms with Gasteiger partial charge in [-0.1, -0.05) is 24.3 Å². The van der Waals surface area contributed by atoms with Gasteiger partial charge in [0.25, 0.3) is 0 Å². The van der Waals surface area contributed by atoms with E-state index in [1.54, 1.807) is 24.3 Å². The second-order valence-corrected chi connectivity index (χ2v) is 15.7. The maximum Gasteiger partial charge on any atom is 0.331 e. The molecule has 2 heterocycles. The zero-order chi connectivity index (χ0) is 52.9. The fourth-order valence-electron chi connectivity index (χ4n) is 7.11. The third-order valence-electron chi connectivity index (χ3n) is 9.92. The monoisotopic (exact) mass is 1010 g/mol. The van der Waals surface area contributed by atoms with E-state index in [0.717, 1.165) is 45.9 Å². The summed E-state index contributed by atoms with van der Waals surface area (Å²) in [6.07, 6.45) is -3.33. The van der Waals surface area contributed by atoms with Gasteiger partial charge in [0, 0.05) is 77.5 Å². The van der Waals surface area contributed by atoms with Crippen LogP contribution in [0.3, 0.4) is 0 Å². The number of methoxy groups -OCH3 is 1. The summed E-state index contributed by atoms with van der Waals surface area (Å²) in [6, 6.07) is 20.1. The fourth-order valence-corrected chi connectivity index (χ4v) is 7.11. The van der Waals surface area contributed by atoms with Crippen molar-refractivity contribution >= 4 is 70.9 Å². The lowest BCUT2D eigenvalue weighted by atomic mass is 9.98. The van der Waals surface area contributed by atoms with E-state index in [2.05, 4.69) is 0 Å². The van der Waals surface area contributed by atoms with Gasteiger partial charge < -0.3 is 56.5 Å². The second-order valence-electron chi connectivity index (χ2n) is 15.7. The molecule has 0 radical (unpaired) electrons. The number of fused-ring (bicyclic) bond motifs is 1. The van der Waals surface area contributed by atoms with Crippen LogP contribution in [0.1, 0.15) is 52.7 Å². The van der Waals surface area contributed by atoms with E-state index < -0.39 is 90.5 Å². The van der Waals surface area contributed by atoms with Gasteiger partial charge in [0.2, 0.25) is 12.4 Å². The number of carbonyl (C=O) groups is 8. The van der Waals surface area contributed by atoms with Gasteiger partial charge in [-0.25, -0.2) is 9.59 Å². The third kappa shape index (κ3) is 14.9. The quantitative estimate of drug-likeness (QED) is 0.0446. The molecule has 1 fully saturated rings. The molecule has 4 aromatic carbocycles. The molecule has 21 heteroatoms. The van der Waals surface area contributed by atoms with Crippen molar-refractivity contribution in [2.75, 3.05) is 13.7 Å². The summed E-state index contributed by atoms with van der Waals surface area (Å²) in [7, 11) is 1.28. The van der Waals surface area contributed by atoms with Crippen molar-refractivity contribution in [2.24, 2.45) is 0 Å². The predicted octanol–water partition coefficient (Wildman–Crippen LogP) is 6.02. The number of esters is 8. The van der Waals surface area contributed by atoms with Gasteiger partial charge in [-0.05, 0) is 65.7 Å². The van der Waals surface area contributed by atoms with Crippen LogP contribution >= 0.6 is 0 Å². The number of hydrogen-bond acceptors (Lipinski definition) is 21. The molecule has 380 valence electrons. The Morgan fingerprint density at radius 2 is 1.08 bits per heavy atom. The number of hydrogen-bond donors (Lipinski definition) is 0. The van der Waals surface area contributed by atoms with Gasteiger partial charge >= 0.3 is 47.8 Å². The van der Waals surface area contributed by atoms with Crippen LogP contribution in [-0.2, 0) is 62.0 Å². The molecule has 73 heavy (non-hydrogen) atoms. The first kappa shape index (κ1) is 53.2. The topological polar surface area (TPSA) is 268 Å². The summed E-state index contributed by atoms with van der Waals surface area (Å²) < 4.78 is 67.5. The van der Waals surface area contributed by atoms with Crippen LogP contribution in [0.25, 0.3) is 34.4 Å². The smallest absolute Gasteiger partial charge is 0.331 e. The van der Waals surface area contributed by atoms with Gasteiger partial charge in [-0.15, -0.1) is 0 Å². The van der Waals surface area contributed by atoms with Crippen molar-refractivity contribution in [2.45, 2.75) is 72.2 Å². The van der Waals surface area contributed by atoms with Crippen LogP contribution in [0, 0.1) is 0 Å². The van der Waals surface area contributed by atoms with Gasteiger partial charge in [0.05, 0.1) is 7.11 Å². The highest BCUT2D eigenvalue weighted by Crippen LogP contribution is 2.38. The zero-order valence-corrected chi connectivity index (χ0v) is 40.1. The number of ether oxygens (including phenoxy) is 11. The average molecular weight is 1010 g/mol. The molecule has 0 bridgehead atoms. The standard InChI is InChI=1S/C52H46O21/c1-27(53)64-36-15-8-33(9-16-36)12-20-46(60)63-26-45-49(68-31(5)57)50(69-32(6)58)51(73-47(61)21-13-34-10-17-37(18-11-34)65-28(2)54)52(72-45)71-40-19-14-35(22-42(40)62-7)41-25-39(59)48-43(67-30(4)56)23-38(66-29(3)55)24-44(48)70-41/h8-25,45,49-52H,26H2,1-7H3/b20-12+,21-13+/t45-,49-,50+,51-,52-/m1/s1. The Labute approximate surface area is 415 Å². The van der Waals surface area contributed by atoms with Crippen LogP contribution in [0.15, 0.2) is 106 Å². The van der Waals surface area contributed by atoms with Crippen LogP contribution in [0.5, 0.6) is 34.5 Å². The molecule has 0 saturated carbocycles. The molecule has 0 aliphatic carbocycles. The summed E-state index contributed by atoms with van der Waals surface area (Å²) in [5.74, 6) is -6.13. The highest BCUT2D eigenvalue weighted by Gasteiger charge is 2.53. The van der Waals surface area contributed by atoms with E-state index in [-0.39, 0.29) is 56.8 Å². The van der Waals surface area contributed by atoms with Crippen LogP contribution in [-0.4, -0.2) is 92.2 Å². The molecule has 1 saturated heterocycles. The molecule has 1 aromatic heterocycles. The van der Waals surface area contributed by atoms with Crippen LogP contribution in [0.2, 0.25) is 0 Å². The minimum Gasteiger partial charge on any atom is -0.493 e. The largest absolute Gasteiger partial charge is 0.493 e. The molecule has 21 nitrogen and oxygen atoms in total. The van der Waals surface area contributed by atoms with Crippen LogP contribution in [0.4, 0.5) is 0 Å². The molecule has 1 aliphatic rings. The first-order valence-electron chi connectivity index (χ1n) is 21.9. The second kappa shape index (κ2) is 24.1. The Bertz CT molecular complexity index is 3040. The van der Waals surface area contributed by atoms with E-state index in [9.17, 15) is 43.2 Å². The lowest BCUT2D eigenvalue weighted by Crippen LogP contribution is -2.63. The normalized spacial score (nSPS) is 17.2. The SMILES string of the molecule is COc1cc(-c2cc(=O)c3c(OC(C)=O)cc(OC(C)=O)cc3o2)ccc1O[C@@H]1O[C@H](COC(=O)/C=C/c2ccc(OC(C)=O)cc2)[C@@H](OC(C)=O)[C@H](OC(C)=O)[C@H]1OC(=O)/C=C/c1ccc(OC(C)=O)cc1. The molecule has 1 aliphatic heterocycles. The van der Waals surface area contributed by atoms with Crippen molar-refractivity contribution in [3.05, 3.63) is 118 Å². The van der Waals surface area contributed by atoms with Gasteiger partial charge in [0.1, 0.15) is 52.4 Å². The van der Waals surface area contributed by atoms with Gasteiger partial charge in [0.15, 0.2) is 29.1 Å². The third-order valence-corrected chi connectivity index (χ3v) is 9.92. The van der Waals surface area contributed by atoms with Gasteiger partial charge in [-0.3, -0.25) is 33.6 Å². The molecule has 0 N–H and O–H groups in total. The summed E-state index contributed by atoms with van der Waals surface area (Å²) in [5, 5.41) is -0.123. The Morgan fingerprint density at radius 1 is 0.534 bits per heavy atom. The summed E-state index contributed by atoms with van der Waals surface area (Å²) in [4.78, 5) is 112. The lowest BCUT2D eigenvalue weighted by molar-refractivity contribution is -0.288. The molecule has 0 unspecified atom stereocenters. The van der Waals surface area contributed by atoms with Crippen molar-refractivity contribution in [3.8, 4) is 45.8 Å². The van der Waals surface area contributed by atoms with Crippen molar-refractivity contribution in [1.29, 1.82) is 0 Å². The molecule has 0 amide bonds. The Morgan fingerprint density at radius 3 is 1.63 bits per heavy atom. The number of rotatable bonds is 17. The number of benzene rings is 4. The van der Waals surface area contributed by atoms with Crippen molar-refractivity contribution in [3.63, 3.8) is 0 Å². The predicted molar refractivity (Wildman–Crippen MR) is 252 cm³/mol. The summed E-state index contributed by atoms with van der Waals surface area (Å²) in [5.41, 5.74) is 0.503. The van der Waals surface area contributed by atoms with E-state index in [0.29, 0.717) is 11.1 Å². The average Bonchev–Trinajstić information content (AvgIpc) is 3.31. The molecular formula is C52H46O21. The minimum absolute atomic E-state index is 0.0274. The van der Waals surface area contributed by atoms with E-state index in [1.807, 2.05) is 0 Å². The van der Waals surface area contributed by atoms with Crippen molar-refractivity contribution < 1.29 is 94.9 Å². The molecular weight excluding hydrogens is 961 g/mol. The fraction of sp³-hybridized carbons (Fsp3) is 0.250. The van der Waals surface area contributed by atoms with E-state index in [4.69, 9.17) is 56.5 Å². The summed E-state index contributed by atoms with van der Waals surface area (Å²) >= 11 is 0. The Hall–Kier alpha value is -9.11. The number of carbonyl (C=O) groups excluding carboxylic acids is 8. The molecule has 6 rings (SSSR count).